The van der Waals surface area contributed by atoms with Gasteiger partial charge in [0.1, 0.15) is 28.7 Å². The first-order valence-corrected chi connectivity index (χ1v) is 25.1. The Morgan fingerprint density at radius 1 is 0.890 bits per heavy atom. The molecule has 4 amide bonds. The summed E-state index contributed by atoms with van der Waals surface area (Å²) < 4.78 is 63.6. The molecular formula is C49H59N8O14S2+. The van der Waals surface area contributed by atoms with Crippen LogP contribution in [0.3, 0.4) is 0 Å². The third-order valence-electron chi connectivity index (χ3n) is 10.5. The fourth-order valence-corrected chi connectivity index (χ4v) is 8.25. The van der Waals surface area contributed by atoms with Crippen molar-refractivity contribution >= 4 is 62.5 Å². The zero-order chi connectivity index (χ0) is 53.3. The van der Waals surface area contributed by atoms with E-state index in [4.69, 9.17) is 23.8 Å². The molecule has 0 bridgehead atoms. The number of hydrogen-bond acceptors (Lipinski definition) is 16. The number of amides is 4. The first kappa shape index (κ1) is 54.9. The fraction of sp³-hybridized carbons (Fsp3) is 0.388. The number of benzene rings is 3. The minimum Gasteiger partial charge on any atom is -0.475 e. The average molecular weight is 1050 g/mol. The van der Waals surface area contributed by atoms with Crippen LogP contribution in [-0.2, 0) is 61.7 Å². The number of anilines is 1. The van der Waals surface area contributed by atoms with E-state index in [2.05, 4.69) is 30.4 Å². The van der Waals surface area contributed by atoms with Gasteiger partial charge < -0.3 is 34.4 Å². The first-order chi connectivity index (χ1) is 34.3. The molecule has 390 valence electrons. The Morgan fingerprint density at radius 2 is 1.49 bits per heavy atom. The maximum atomic E-state index is 14.4. The van der Waals surface area contributed by atoms with Crippen molar-refractivity contribution in [3.63, 3.8) is 0 Å². The lowest BCUT2D eigenvalue weighted by atomic mass is 9.84. The number of β-lactam (4-membered cyclic amide) rings is 1. The summed E-state index contributed by atoms with van der Waals surface area (Å²) in [6.07, 6.45) is 0.806. The topological polar surface area (TPSA) is 268 Å². The van der Waals surface area contributed by atoms with Crippen molar-refractivity contribution in [2.45, 2.75) is 103 Å². The number of ether oxygens (including phenoxy) is 4. The van der Waals surface area contributed by atoms with Crippen molar-refractivity contribution in [2.24, 2.45) is 12.2 Å². The number of carbonyl (C=O) groups is 5. The third-order valence-corrected chi connectivity index (χ3v) is 11.6. The summed E-state index contributed by atoms with van der Waals surface area (Å²) in [5, 5.41) is 13.5. The normalized spacial score (nSPS) is 15.2. The molecule has 2 aromatic heterocycles. The number of thiazole rings is 1. The number of rotatable bonds is 20. The van der Waals surface area contributed by atoms with E-state index in [-0.39, 0.29) is 16.6 Å². The van der Waals surface area contributed by atoms with Gasteiger partial charge in [0.05, 0.1) is 23.8 Å². The monoisotopic (exact) mass is 1050 g/mol. The number of nitrogens with zero attached hydrogens (tertiary/aromatic N) is 5. The molecule has 0 saturated carbocycles. The van der Waals surface area contributed by atoms with Crippen LogP contribution in [0.5, 0.6) is 5.75 Å². The van der Waals surface area contributed by atoms with Crippen LogP contribution in [0.1, 0.15) is 84.7 Å². The number of hydroxylamine groups is 2. The average Bonchev–Trinajstić information content (AvgIpc) is 3.93. The Bertz CT molecular complexity index is 2860. The summed E-state index contributed by atoms with van der Waals surface area (Å²) in [4.78, 5) is 76.2. The molecule has 5 aromatic rings. The summed E-state index contributed by atoms with van der Waals surface area (Å²) in [6, 6.07) is 23.6. The van der Waals surface area contributed by atoms with Crippen LogP contribution in [0, 0.1) is 0 Å². The van der Waals surface area contributed by atoms with Gasteiger partial charge in [-0.05, 0) is 90.6 Å². The van der Waals surface area contributed by atoms with Gasteiger partial charge in [0.15, 0.2) is 30.6 Å². The summed E-state index contributed by atoms with van der Waals surface area (Å²) in [6.45, 7) is 13.5. The maximum Gasteiger partial charge on any atom is 0.418 e. The number of nitrogens with one attached hydrogen (secondary N) is 3. The number of esters is 1. The van der Waals surface area contributed by atoms with Gasteiger partial charge in [0.25, 0.3) is 11.8 Å². The van der Waals surface area contributed by atoms with Gasteiger partial charge in [-0.15, -0.1) is 20.3 Å². The van der Waals surface area contributed by atoms with E-state index >= 15 is 0 Å². The molecule has 3 aromatic carbocycles. The predicted octanol–water partition coefficient (Wildman–Crippen LogP) is 6.04. The quantitative estimate of drug-likeness (QED) is 0.0101. The van der Waals surface area contributed by atoms with Crippen molar-refractivity contribution in [1.82, 2.24) is 25.4 Å². The minimum absolute atomic E-state index is 0.00320. The molecule has 1 aliphatic heterocycles. The van der Waals surface area contributed by atoms with Crippen molar-refractivity contribution in [1.29, 1.82) is 0 Å². The molecule has 3 heterocycles. The summed E-state index contributed by atoms with van der Waals surface area (Å²) in [7, 11) is -3.21. The van der Waals surface area contributed by atoms with Gasteiger partial charge in [-0.2, -0.15) is 18.2 Å². The molecule has 24 heteroatoms. The molecule has 2 atom stereocenters. The molecule has 4 N–H and O–H groups in total. The second-order valence-corrected chi connectivity index (χ2v) is 21.0. The van der Waals surface area contributed by atoms with Gasteiger partial charge in [-0.3, -0.25) is 19.5 Å². The van der Waals surface area contributed by atoms with E-state index in [0.717, 1.165) is 22.5 Å². The Hall–Kier alpha value is -7.41. The Kier molecular flexibility index (Phi) is 17.3. The molecule has 0 radical (unpaired) electrons. The van der Waals surface area contributed by atoms with Gasteiger partial charge in [0, 0.05) is 11.9 Å². The molecule has 1 fully saturated rings. The second-order valence-electron chi connectivity index (χ2n) is 19.1. The van der Waals surface area contributed by atoms with Crippen LogP contribution in [0.25, 0.3) is 11.1 Å². The van der Waals surface area contributed by atoms with Crippen molar-refractivity contribution in [3.8, 4) is 16.9 Å². The number of aryl methyl sites for hydroxylation is 2. The highest BCUT2D eigenvalue weighted by Crippen LogP contribution is 2.33. The van der Waals surface area contributed by atoms with E-state index in [0.29, 0.717) is 35.7 Å². The molecule has 22 nitrogen and oxygen atoms in total. The molecule has 0 spiro atoms. The van der Waals surface area contributed by atoms with Crippen molar-refractivity contribution < 1.29 is 69.7 Å². The van der Waals surface area contributed by atoms with Gasteiger partial charge in [-0.1, -0.05) is 78.0 Å². The highest BCUT2D eigenvalue weighted by atomic mass is 32.3. The molecule has 1 unspecified atom stereocenters. The number of aromatic nitrogens is 3. The van der Waals surface area contributed by atoms with Gasteiger partial charge in [-0.25, -0.2) is 19.4 Å². The minimum atomic E-state index is -5.10. The zero-order valence-electron chi connectivity index (χ0n) is 41.7. The summed E-state index contributed by atoms with van der Waals surface area (Å²) >= 11 is 0.904. The van der Waals surface area contributed by atoms with Crippen molar-refractivity contribution in [3.05, 3.63) is 120 Å². The van der Waals surface area contributed by atoms with Gasteiger partial charge in [0.2, 0.25) is 12.3 Å². The third kappa shape index (κ3) is 15.5. The Labute approximate surface area is 426 Å². The van der Waals surface area contributed by atoms with E-state index in [1.807, 2.05) is 89.5 Å². The largest absolute Gasteiger partial charge is 0.475 e. The van der Waals surface area contributed by atoms with Crippen LogP contribution in [0.15, 0.2) is 108 Å². The Morgan fingerprint density at radius 3 is 2.07 bits per heavy atom. The maximum absolute atomic E-state index is 14.4. The van der Waals surface area contributed by atoms with Crippen LogP contribution in [0.2, 0.25) is 0 Å². The zero-order valence-corrected chi connectivity index (χ0v) is 43.3. The van der Waals surface area contributed by atoms with E-state index < -0.39 is 87.7 Å². The lowest BCUT2D eigenvalue weighted by Crippen LogP contribution is -2.76. The molecule has 1 saturated heterocycles. The highest BCUT2D eigenvalue weighted by Gasteiger charge is 2.58. The van der Waals surface area contributed by atoms with Crippen LogP contribution in [-0.4, -0.2) is 105 Å². The second kappa shape index (κ2) is 23.0. The Balaban J connectivity index is 1.26. The summed E-state index contributed by atoms with van der Waals surface area (Å²) in [5.74, 6) is -2.70. The van der Waals surface area contributed by atoms with E-state index in [9.17, 15) is 36.9 Å². The molecule has 0 aliphatic carbocycles. The fourth-order valence-electron chi connectivity index (χ4n) is 7.12. The lowest BCUT2D eigenvalue weighted by molar-refractivity contribution is -0.753. The lowest BCUT2D eigenvalue weighted by Gasteiger charge is -2.50. The van der Waals surface area contributed by atoms with Gasteiger partial charge >= 0.3 is 28.6 Å². The van der Waals surface area contributed by atoms with Crippen LogP contribution < -0.4 is 25.4 Å². The van der Waals surface area contributed by atoms with Crippen LogP contribution >= 0.6 is 11.3 Å². The number of hydrogen-bond donors (Lipinski definition) is 4. The summed E-state index contributed by atoms with van der Waals surface area (Å²) in [5.41, 5.74) is -0.611. The smallest absolute Gasteiger partial charge is 0.418 e. The van der Waals surface area contributed by atoms with E-state index in [1.165, 1.54) is 19.2 Å². The molecule has 1 aliphatic rings. The van der Waals surface area contributed by atoms with Crippen molar-refractivity contribution in [2.75, 3.05) is 18.5 Å². The first-order valence-electron chi connectivity index (χ1n) is 22.8. The predicted molar refractivity (Wildman–Crippen MR) is 265 cm³/mol. The standard InChI is InChI=1S/C49H58N8O14S2/c1-47(2,3)69-45(61)50-25-16-26-56-28-34(27-55(56)9)31-21-23-35(24-22-31)67-37(43(60)68-39(32-17-12-10-13-18-32)33-19-14-11-15-20-33)29-66-54-38(36-30-72-44(51-36)53-46(62)70-48(4,5)6)41(58)52-40-42(59)57(49(40,7)8)71-73(63,64)65/h10-15,17-24,27-28,30,37,39-40H,16,25-26,29H2,1-9H3,(H3-,50,51,52,53,58,61,62,63,64,65)/p+1/b54-38+/t37?,40-/m1/s1. The number of alkyl carbamates (subject to hydrolysis) is 1. The van der Waals surface area contributed by atoms with Crippen LogP contribution in [0.4, 0.5) is 14.7 Å². The highest BCUT2D eigenvalue weighted by molar-refractivity contribution is 7.80. The number of carbonyl (C=O) groups excluding carboxylic acids is 5. The number of oxime groups is 1. The molecule has 73 heavy (non-hydrogen) atoms. The SMILES string of the molecule is C[n+]1cc(-c2ccc(OC(CO/N=C(/C(=O)N[C@@H]3C(=O)N(OS(=O)(=O)O)C3(C)C)c3csc(NC(=O)OC(C)(C)C)n3)C(=O)OC(c3ccccc3)c3ccccc3)cc2)cn1CCCNC(=O)OC(C)(C)C. The molecule has 6 rings (SSSR count). The van der Waals surface area contributed by atoms with E-state index in [1.54, 1.807) is 65.8 Å². The molecular weight excluding hydrogens is 989 g/mol.